The van der Waals surface area contributed by atoms with Crippen LogP contribution in [0.25, 0.3) is 0 Å². The van der Waals surface area contributed by atoms with Crippen molar-refractivity contribution in [1.29, 1.82) is 5.26 Å². The van der Waals surface area contributed by atoms with Gasteiger partial charge >= 0.3 is 0 Å². The highest BCUT2D eigenvalue weighted by Crippen LogP contribution is 2.24. The van der Waals surface area contributed by atoms with Crippen LogP contribution in [0.2, 0.25) is 0 Å². The van der Waals surface area contributed by atoms with Crippen molar-refractivity contribution in [2.24, 2.45) is 5.92 Å². The summed E-state index contributed by atoms with van der Waals surface area (Å²) in [5, 5.41) is 8.80. The van der Waals surface area contributed by atoms with E-state index in [4.69, 9.17) is 5.26 Å². The molecule has 7 heteroatoms. The maximum Gasteiger partial charge on any atom is 0.228 e. The zero-order valence-electron chi connectivity index (χ0n) is 13.5. The monoisotopic (exact) mass is 330 g/mol. The molecule has 0 saturated carbocycles. The largest absolute Gasteiger partial charge is 0.366 e. The standard InChI is InChI=1S/C17H19FN4O2/c1-20-11-13(9-16(20)23)17(24)22-6-4-21(5-7-22)15-3-2-12(10-19)8-14(15)18/h2-3,8,13H,4-7,9,11H2,1H3/t13-/m0/s1. The number of piperazine rings is 1. The van der Waals surface area contributed by atoms with E-state index in [9.17, 15) is 14.0 Å². The Morgan fingerprint density at radius 3 is 2.54 bits per heavy atom. The van der Waals surface area contributed by atoms with Crippen LogP contribution in [0.4, 0.5) is 10.1 Å². The fraction of sp³-hybridized carbons (Fsp3) is 0.471. The van der Waals surface area contributed by atoms with Crippen LogP contribution < -0.4 is 4.90 Å². The number of anilines is 1. The summed E-state index contributed by atoms with van der Waals surface area (Å²) < 4.78 is 14.1. The number of likely N-dealkylation sites (tertiary alicyclic amines) is 1. The molecular weight excluding hydrogens is 311 g/mol. The van der Waals surface area contributed by atoms with Crippen LogP contribution in [-0.2, 0) is 9.59 Å². The van der Waals surface area contributed by atoms with Gasteiger partial charge in [0, 0.05) is 46.2 Å². The number of rotatable bonds is 2. The lowest BCUT2D eigenvalue weighted by Crippen LogP contribution is -2.50. The van der Waals surface area contributed by atoms with Gasteiger partial charge in [0.15, 0.2) is 0 Å². The van der Waals surface area contributed by atoms with Gasteiger partial charge in [-0.15, -0.1) is 0 Å². The summed E-state index contributed by atoms with van der Waals surface area (Å²) in [5.41, 5.74) is 0.747. The minimum Gasteiger partial charge on any atom is -0.366 e. The molecule has 0 bridgehead atoms. The highest BCUT2D eigenvalue weighted by Gasteiger charge is 2.35. The van der Waals surface area contributed by atoms with Crippen LogP contribution in [0.1, 0.15) is 12.0 Å². The molecule has 3 rings (SSSR count). The molecule has 0 N–H and O–H groups in total. The molecule has 2 fully saturated rings. The number of hydrogen-bond donors (Lipinski definition) is 0. The average Bonchev–Trinajstić information content (AvgIpc) is 2.93. The second-order valence-electron chi connectivity index (χ2n) is 6.27. The summed E-state index contributed by atoms with van der Waals surface area (Å²) >= 11 is 0. The lowest BCUT2D eigenvalue weighted by Gasteiger charge is -2.37. The first-order chi connectivity index (χ1) is 11.5. The predicted octanol–water partition coefficient (Wildman–Crippen LogP) is 0.824. The molecule has 24 heavy (non-hydrogen) atoms. The first-order valence-corrected chi connectivity index (χ1v) is 7.97. The van der Waals surface area contributed by atoms with Crippen molar-refractivity contribution in [2.45, 2.75) is 6.42 Å². The molecule has 2 heterocycles. The molecule has 2 amide bonds. The van der Waals surface area contributed by atoms with E-state index in [1.807, 2.05) is 11.0 Å². The van der Waals surface area contributed by atoms with Gasteiger partial charge in [0.25, 0.3) is 0 Å². The van der Waals surface area contributed by atoms with E-state index in [0.717, 1.165) is 0 Å². The smallest absolute Gasteiger partial charge is 0.228 e. The van der Waals surface area contributed by atoms with Crippen LogP contribution in [0, 0.1) is 23.1 Å². The van der Waals surface area contributed by atoms with Crippen molar-refractivity contribution < 1.29 is 14.0 Å². The van der Waals surface area contributed by atoms with Gasteiger partial charge in [-0.25, -0.2) is 4.39 Å². The fourth-order valence-electron chi connectivity index (χ4n) is 3.29. The third kappa shape index (κ3) is 3.04. The normalized spacial score (nSPS) is 21.1. The summed E-state index contributed by atoms with van der Waals surface area (Å²) in [5.74, 6) is -0.670. The molecule has 1 atom stereocenters. The summed E-state index contributed by atoms with van der Waals surface area (Å²) in [6.07, 6.45) is 0.278. The van der Waals surface area contributed by atoms with E-state index < -0.39 is 5.82 Å². The SMILES string of the molecule is CN1C[C@@H](C(=O)N2CCN(c3ccc(C#N)cc3F)CC2)CC1=O. The van der Waals surface area contributed by atoms with E-state index in [1.54, 1.807) is 29.0 Å². The zero-order chi connectivity index (χ0) is 17.3. The Morgan fingerprint density at radius 2 is 2.00 bits per heavy atom. The van der Waals surface area contributed by atoms with E-state index in [0.29, 0.717) is 44.0 Å². The Hall–Kier alpha value is -2.62. The lowest BCUT2D eigenvalue weighted by atomic mass is 10.1. The second-order valence-corrected chi connectivity index (χ2v) is 6.27. The minimum atomic E-state index is -0.420. The molecule has 6 nitrogen and oxygen atoms in total. The second kappa shape index (κ2) is 6.48. The van der Waals surface area contributed by atoms with Gasteiger partial charge in [-0.1, -0.05) is 0 Å². The highest BCUT2D eigenvalue weighted by atomic mass is 19.1. The number of amides is 2. The van der Waals surface area contributed by atoms with Gasteiger partial charge in [0.05, 0.1) is 23.2 Å². The highest BCUT2D eigenvalue weighted by molar-refractivity contribution is 5.89. The van der Waals surface area contributed by atoms with Crippen molar-refractivity contribution in [2.75, 3.05) is 44.7 Å². The van der Waals surface area contributed by atoms with Crippen molar-refractivity contribution in [3.63, 3.8) is 0 Å². The summed E-state index contributed by atoms with van der Waals surface area (Å²) in [4.78, 5) is 29.3. The molecule has 0 unspecified atom stereocenters. The number of hydrogen-bond acceptors (Lipinski definition) is 4. The van der Waals surface area contributed by atoms with Gasteiger partial charge in [0.2, 0.25) is 11.8 Å². The van der Waals surface area contributed by atoms with E-state index in [2.05, 4.69) is 0 Å². The summed E-state index contributed by atoms with van der Waals surface area (Å²) in [6.45, 7) is 2.55. The van der Waals surface area contributed by atoms with Crippen LogP contribution >= 0.6 is 0 Å². The number of benzene rings is 1. The predicted molar refractivity (Wildman–Crippen MR) is 85.7 cm³/mol. The fourth-order valence-corrected chi connectivity index (χ4v) is 3.29. The number of nitriles is 1. The number of carbonyl (C=O) groups excluding carboxylic acids is 2. The molecule has 126 valence electrons. The third-order valence-corrected chi connectivity index (χ3v) is 4.70. The quantitative estimate of drug-likeness (QED) is 0.805. The van der Waals surface area contributed by atoms with Crippen LogP contribution in [0.15, 0.2) is 18.2 Å². The molecule has 0 radical (unpaired) electrons. The maximum absolute atomic E-state index is 14.1. The van der Waals surface area contributed by atoms with Gasteiger partial charge in [-0.2, -0.15) is 5.26 Å². The Morgan fingerprint density at radius 1 is 1.29 bits per heavy atom. The molecule has 0 aromatic heterocycles. The van der Waals surface area contributed by atoms with E-state index >= 15 is 0 Å². The van der Waals surface area contributed by atoms with Crippen molar-refractivity contribution in [3.05, 3.63) is 29.6 Å². The molecule has 1 aromatic rings. The minimum absolute atomic E-state index is 0.00615. The van der Waals surface area contributed by atoms with Gasteiger partial charge in [0.1, 0.15) is 5.82 Å². The molecule has 2 aliphatic rings. The van der Waals surface area contributed by atoms with Crippen LogP contribution in [0.5, 0.6) is 0 Å². The van der Waals surface area contributed by atoms with Gasteiger partial charge in [-0.3, -0.25) is 9.59 Å². The molecule has 0 aliphatic carbocycles. The Kier molecular flexibility index (Phi) is 4.38. The number of nitrogens with zero attached hydrogens (tertiary/aromatic N) is 4. The van der Waals surface area contributed by atoms with Gasteiger partial charge in [-0.05, 0) is 18.2 Å². The van der Waals surface area contributed by atoms with Crippen LogP contribution in [0.3, 0.4) is 0 Å². The molecular formula is C17H19FN4O2. The Balaban J connectivity index is 1.61. The molecule has 0 spiro atoms. The zero-order valence-corrected chi connectivity index (χ0v) is 13.5. The van der Waals surface area contributed by atoms with E-state index in [-0.39, 0.29) is 24.2 Å². The first-order valence-electron chi connectivity index (χ1n) is 7.97. The average molecular weight is 330 g/mol. The summed E-state index contributed by atoms with van der Waals surface area (Å²) in [7, 11) is 1.71. The van der Waals surface area contributed by atoms with E-state index in [1.165, 1.54) is 6.07 Å². The van der Waals surface area contributed by atoms with Gasteiger partial charge < -0.3 is 14.7 Å². The molecule has 2 saturated heterocycles. The molecule has 1 aromatic carbocycles. The topological polar surface area (TPSA) is 67.7 Å². The van der Waals surface area contributed by atoms with Crippen molar-refractivity contribution in [3.8, 4) is 6.07 Å². The van der Waals surface area contributed by atoms with Crippen molar-refractivity contribution in [1.82, 2.24) is 9.80 Å². The van der Waals surface area contributed by atoms with Crippen molar-refractivity contribution >= 4 is 17.5 Å². The third-order valence-electron chi connectivity index (χ3n) is 4.70. The Labute approximate surface area is 140 Å². The summed E-state index contributed by atoms with van der Waals surface area (Å²) in [6, 6.07) is 6.34. The Bertz CT molecular complexity index is 707. The molecule has 2 aliphatic heterocycles. The number of carbonyl (C=O) groups is 2. The lowest BCUT2D eigenvalue weighted by molar-refractivity contribution is -0.136. The first kappa shape index (κ1) is 16.2. The number of halogens is 1. The maximum atomic E-state index is 14.1. The van der Waals surface area contributed by atoms with Crippen LogP contribution in [-0.4, -0.2) is 61.4 Å².